The van der Waals surface area contributed by atoms with Gasteiger partial charge in [0.05, 0.1) is 0 Å². The summed E-state index contributed by atoms with van der Waals surface area (Å²) in [5, 5.41) is 17.5. The van der Waals surface area contributed by atoms with Crippen LogP contribution in [0.15, 0.2) is 12.7 Å². The molecule has 1 aliphatic carbocycles. The van der Waals surface area contributed by atoms with Gasteiger partial charge >= 0.3 is 11.9 Å². The first kappa shape index (κ1) is 9.77. The van der Waals surface area contributed by atoms with Crippen LogP contribution in [-0.2, 0) is 9.59 Å². The number of rotatable bonds is 5. The molecule has 0 spiro atoms. The number of hydrogen-bond acceptors (Lipinski definition) is 2. The second-order valence-corrected chi connectivity index (χ2v) is 3.46. The van der Waals surface area contributed by atoms with Crippen molar-refractivity contribution < 1.29 is 19.8 Å². The van der Waals surface area contributed by atoms with E-state index in [0.717, 1.165) is 0 Å². The maximum atomic E-state index is 10.7. The Morgan fingerprint density at radius 2 is 1.85 bits per heavy atom. The van der Waals surface area contributed by atoms with Crippen molar-refractivity contribution >= 4 is 11.9 Å². The molecule has 0 aromatic rings. The highest BCUT2D eigenvalue weighted by Gasteiger charge is 2.55. The van der Waals surface area contributed by atoms with Crippen molar-refractivity contribution in [1.29, 1.82) is 0 Å². The Kier molecular flexibility index (Phi) is 2.40. The van der Waals surface area contributed by atoms with Gasteiger partial charge in [-0.3, -0.25) is 9.59 Å². The fraction of sp³-hybridized carbons (Fsp3) is 0.556. The van der Waals surface area contributed by atoms with Gasteiger partial charge in [0.1, 0.15) is 0 Å². The van der Waals surface area contributed by atoms with Gasteiger partial charge in [-0.05, 0) is 24.7 Å². The first-order valence-corrected chi connectivity index (χ1v) is 4.10. The first-order valence-electron chi connectivity index (χ1n) is 4.10. The van der Waals surface area contributed by atoms with Crippen LogP contribution in [0.25, 0.3) is 0 Å². The minimum atomic E-state index is -1.27. The van der Waals surface area contributed by atoms with Crippen molar-refractivity contribution in [1.82, 2.24) is 0 Å². The quantitative estimate of drug-likeness (QED) is 0.496. The molecule has 72 valence electrons. The van der Waals surface area contributed by atoms with Gasteiger partial charge in [-0.2, -0.15) is 0 Å². The topological polar surface area (TPSA) is 74.6 Å². The Bertz CT molecular complexity index is 238. The van der Waals surface area contributed by atoms with Gasteiger partial charge in [0.15, 0.2) is 5.92 Å². The summed E-state index contributed by atoms with van der Waals surface area (Å²) in [6.45, 7) is 3.50. The molecular weight excluding hydrogens is 172 g/mol. The Morgan fingerprint density at radius 3 is 2.08 bits per heavy atom. The summed E-state index contributed by atoms with van der Waals surface area (Å²) in [6.07, 6.45) is 3.40. The summed E-state index contributed by atoms with van der Waals surface area (Å²) in [4.78, 5) is 21.4. The molecule has 1 fully saturated rings. The molecule has 4 nitrogen and oxygen atoms in total. The van der Waals surface area contributed by atoms with Crippen molar-refractivity contribution in [3.63, 3.8) is 0 Å². The van der Waals surface area contributed by atoms with Crippen LogP contribution in [0.3, 0.4) is 0 Å². The predicted molar refractivity (Wildman–Crippen MR) is 45.2 cm³/mol. The lowest BCUT2D eigenvalue weighted by Gasteiger charge is -2.17. The summed E-state index contributed by atoms with van der Waals surface area (Å²) in [6, 6.07) is 0. The lowest BCUT2D eigenvalue weighted by Crippen LogP contribution is -2.32. The van der Waals surface area contributed by atoms with Crippen molar-refractivity contribution in [2.75, 3.05) is 0 Å². The summed E-state index contributed by atoms with van der Waals surface area (Å²) < 4.78 is 0. The largest absolute Gasteiger partial charge is 0.481 e. The molecule has 13 heavy (non-hydrogen) atoms. The van der Waals surface area contributed by atoms with Crippen LogP contribution >= 0.6 is 0 Å². The summed E-state index contributed by atoms with van der Waals surface area (Å²) >= 11 is 0. The average molecular weight is 184 g/mol. The van der Waals surface area contributed by atoms with E-state index in [1.165, 1.54) is 0 Å². The normalized spacial score (nSPS) is 18.2. The van der Waals surface area contributed by atoms with E-state index in [1.807, 2.05) is 0 Å². The molecule has 1 aliphatic rings. The molecule has 4 heteroatoms. The van der Waals surface area contributed by atoms with Crippen LogP contribution in [0, 0.1) is 11.3 Å². The van der Waals surface area contributed by atoms with Gasteiger partial charge in [-0.25, -0.2) is 0 Å². The molecule has 2 N–H and O–H groups in total. The SMILES string of the molecule is C=CCC1(C(C(=O)O)C(=O)O)CC1. The zero-order valence-corrected chi connectivity index (χ0v) is 7.19. The third kappa shape index (κ3) is 1.71. The van der Waals surface area contributed by atoms with E-state index in [4.69, 9.17) is 10.2 Å². The van der Waals surface area contributed by atoms with E-state index in [9.17, 15) is 9.59 Å². The first-order chi connectivity index (χ1) is 6.03. The Hall–Kier alpha value is -1.32. The molecule has 0 saturated heterocycles. The number of allylic oxidation sites excluding steroid dienone is 1. The highest BCUT2D eigenvalue weighted by molar-refractivity contribution is 5.94. The number of carbonyl (C=O) groups is 2. The van der Waals surface area contributed by atoms with E-state index in [-0.39, 0.29) is 0 Å². The van der Waals surface area contributed by atoms with Crippen LogP contribution in [0.2, 0.25) is 0 Å². The van der Waals surface area contributed by atoms with Crippen molar-refractivity contribution in [3.8, 4) is 0 Å². The molecule has 0 amide bonds. The average Bonchev–Trinajstić information content (AvgIpc) is 2.67. The molecule has 0 radical (unpaired) electrons. The molecule has 0 bridgehead atoms. The Morgan fingerprint density at radius 1 is 1.38 bits per heavy atom. The van der Waals surface area contributed by atoms with Gasteiger partial charge in [-0.1, -0.05) is 6.08 Å². The molecule has 0 aliphatic heterocycles. The molecule has 0 aromatic carbocycles. The second kappa shape index (κ2) is 3.20. The summed E-state index contributed by atoms with van der Waals surface area (Å²) in [5.41, 5.74) is -0.556. The van der Waals surface area contributed by atoms with E-state index in [0.29, 0.717) is 19.3 Å². The lowest BCUT2D eigenvalue weighted by molar-refractivity contribution is -0.158. The van der Waals surface area contributed by atoms with E-state index in [1.54, 1.807) is 6.08 Å². The van der Waals surface area contributed by atoms with E-state index in [2.05, 4.69) is 6.58 Å². The molecule has 1 rings (SSSR count). The molecule has 0 unspecified atom stereocenters. The predicted octanol–water partition coefficient (Wildman–Crippen LogP) is 1.13. The third-order valence-corrected chi connectivity index (χ3v) is 2.55. The lowest BCUT2D eigenvalue weighted by atomic mass is 9.86. The minimum absolute atomic E-state index is 0.469. The van der Waals surface area contributed by atoms with Crippen molar-refractivity contribution in [2.45, 2.75) is 19.3 Å². The smallest absolute Gasteiger partial charge is 0.318 e. The Labute approximate surface area is 75.9 Å². The van der Waals surface area contributed by atoms with Crippen molar-refractivity contribution in [2.24, 2.45) is 11.3 Å². The third-order valence-electron chi connectivity index (χ3n) is 2.55. The van der Waals surface area contributed by atoms with Crippen LogP contribution < -0.4 is 0 Å². The highest BCUT2D eigenvalue weighted by Crippen LogP contribution is 2.55. The van der Waals surface area contributed by atoms with Crippen LogP contribution in [0.5, 0.6) is 0 Å². The summed E-state index contributed by atoms with van der Waals surface area (Å²) in [5.74, 6) is -3.76. The maximum Gasteiger partial charge on any atom is 0.318 e. The molecule has 0 heterocycles. The van der Waals surface area contributed by atoms with Crippen molar-refractivity contribution in [3.05, 3.63) is 12.7 Å². The van der Waals surface area contributed by atoms with Crippen LogP contribution in [0.1, 0.15) is 19.3 Å². The molecule has 0 atom stereocenters. The zero-order chi connectivity index (χ0) is 10.1. The second-order valence-electron chi connectivity index (χ2n) is 3.46. The highest BCUT2D eigenvalue weighted by atomic mass is 16.4. The monoisotopic (exact) mass is 184 g/mol. The number of hydrogen-bond donors (Lipinski definition) is 2. The van der Waals surface area contributed by atoms with Gasteiger partial charge in [-0.15, -0.1) is 6.58 Å². The van der Waals surface area contributed by atoms with E-state index >= 15 is 0 Å². The van der Waals surface area contributed by atoms with Crippen LogP contribution in [-0.4, -0.2) is 22.2 Å². The summed E-state index contributed by atoms with van der Waals surface area (Å²) in [7, 11) is 0. The maximum absolute atomic E-state index is 10.7. The number of carboxylic acid groups (broad SMARTS) is 2. The molecule has 1 saturated carbocycles. The van der Waals surface area contributed by atoms with Gasteiger partial charge in [0.2, 0.25) is 0 Å². The van der Waals surface area contributed by atoms with Gasteiger partial charge in [0.25, 0.3) is 0 Å². The zero-order valence-electron chi connectivity index (χ0n) is 7.19. The van der Waals surface area contributed by atoms with Gasteiger partial charge < -0.3 is 10.2 Å². The number of carboxylic acids is 2. The number of aliphatic carboxylic acids is 2. The van der Waals surface area contributed by atoms with Gasteiger partial charge in [0, 0.05) is 0 Å². The van der Waals surface area contributed by atoms with Crippen LogP contribution in [0.4, 0.5) is 0 Å². The molecular formula is C9H12O4. The standard InChI is InChI=1S/C9H12O4/c1-2-3-9(4-5-9)6(7(10)11)8(12)13/h2,6H,1,3-5H2,(H,10,11)(H,12,13). The fourth-order valence-corrected chi connectivity index (χ4v) is 1.69. The molecule has 0 aromatic heterocycles. The minimum Gasteiger partial charge on any atom is -0.481 e. The Balaban J connectivity index is 2.81. The van der Waals surface area contributed by atoms with E-state index < -0.39 is 23.3 Å². The fourth-order valence-electron chi connectivity index (χ4n) is 1.69.